The second-order valence-corrected chi connectivity index (χ2v) is 9.05. The minimum absolute atomic E-state index is 0.0383. The molecule has 202 valence electrons. The van der Waals surface area contributed by atoms with E-state index in [1.807, 2.05) is 0 Å². The van der Waals surface area contributed by atoms with Gasteiger partial charge in [0.05, 0.1) is 23.4 Å². The molecule has 0 radical (unpaired) electrons. The minimum Gasteiger partial charge on any atom is -0.455 e. The fourth-order valence-corrected chi connectivity index (χ4v) is 4.30. The van der Waals surface area contributed by atoms with Crippen molar-refractivity contribution in [3.8, 4) is 28.8 Å². The molecule has 0 spiro atoms. The van der Waals surface area contributed by atoms with Crippen molar-refractivity contribution < 1.29 is 39.5 Å². The number of pyridine rings is 1. The van der Waals surface area contributed by atoms with Gasteiger partial charge in [0.15, 0.2) is 5.76 Å². The van der Waals surface area contributed by atoms with Gasteiger partial charge in [0.1, 0.15) is 29.0 Å². The molecule has 0 saturated carbocycles. The molecule has 39 heavy (non-hydrogen) atoms. The Bertz CT molecular complexity index is 1660. The third kappa shape index (κ3) is 5.70. The first-order valence-corrected chi connectivity index (χ1v) is 12.0. The van der Waals surface area contributed by atoms with Crippen LogP contribution >= 0.6 is 11.8 Å². The van der Waals surface area contributed by atoms with E-state index in [0.717, 1.165) is 42.1 Å². The zero-order chi connectivity index (χ0) is 28.7. The van der Waals surface area contributed by atoms with Crippen LogP contribution in [0.3, 0.4) is 0 Å². The number of nitrogens with zero attached hydrogens (tertiary/aromatic N) is 2. The molecule has 2 aromatic heterocycles. The first kappa shape index (κ1) is 28.0. The zero-order valence-electron chi connectivity index (χ0n) is 19.5. The minimum atomic E-state index is -5.14. The van der Waals surface area contributed by atoms with E-state index in [2.05, 4.69) is 0 Å². The summed E-state index contributed by atoms with van der Waals surface area (Å²) < 4.78 is 115. The Kier molecular flexibility index (Phi) is 7.36. The summed E-state index contributed by atoms with van der Waals surface area (Å²) in [6.45, 7) is -0.705. The summed E-state index contributed by atoms with van der Waals surface area (Å²) in [4.78, 5) is 13.3. The monoisotopic (exact) mass is 570 g/mol. The summed E-state index contributed by atoms with van der Waals surface area (Å²) >= 11 is 1.02. The number of benzene rings is 2. The molecule has 0 bridgehead atoms. The lowest BCUT2D eigenvalue weighted by Crippen LogP contribution is -2.29. The molecular formula is C26H14F8N2O2S. The van der Waals surface area contributed by atoms with Gasteiger partial charge < -0.3 is 4.42 Å². The van der Waals surface area contributed by atoms with E-state index in [4.69, 9.17) is 4.42 Å². The van der Waals surface area contributed by atoms with Crippen LogP contribution in [0.1, 0.15) is 22.3 Å². The summed E-state index contributed by atoms with van der Waals surface area (Å²) in [5, 5.41) is 9.30. The molecule has 0 atom stereocenters. The Labute approximate surface area is 219 Å². The number of hydrogen-bond donors (Lipinski definition) is 0. The molecule has 0 aliphatic rings. The highest BCUT2D eigenvalue weighted by atomic mass is 32.2. The Hall–Kier alpha value is -4.05. The molecule has 2 aromatic carbocycles. The maximum absolute atomic E-state index is 14.4. The van der Waals surface area contributed by atoms with Gasteiger partial charge in [-0.2, -0.15) is 31.6 Å². The third-order valence-electron chi connectivity index (χ3n) is 5.67. The van der Waals surface area contributed by atoms with Crippen molar-refractivity contribution in [2.45, 2.75) is 23.8 Å². The Morgan fingerprint density at radius 1 is 0.923 bits per heavy atom. The van der Waals surface area contributed by atoms with Gasteiger partial charge >= 0.3 is 12.4 Å². The van der Waals surface area contributed by atoms with Crippen molar-refractivity contribution in [1.29, 1.82) is 5.26 Å². The number of nitriles is 1. The maximum atomic E-state index is 14.4. The molecule has 4 aromatic rings. The maximum Gasteiger partial charge on any atom is 0.417 e. The SMILES string of the molecule is CSc1cc(-c2ccc(-c3cc(C(F)(F)F)c(C#N)c(=O)n3Cc3ccc(F)cc3F)o2)cc(C(F)(F)F)c1. The van der Waals surface area contributed by atoms with Crippen LogP contribution in [0.5, 0.6) is 0 Å². The fourth-order valence-electron chi connectivity index (χ4n) is 3.81. The van der Waals surface area contributed by atoms with E-state index in [-0.39, 0.29) is 27.5 Å². The number of aromatic nitrogens is 1. The standard InChI is InChI=1S/C26H14F8N2O2S/c1-39-17-7-14(6-15(8-17)25(29,30)31)22-4-5-23(38-22)21-10-19(26(32,33)34)18(11-35)24(37)36(21)12-13-2-3-16(27)9-20(13)28/h2-10H,12H2,1H3. The predicted molar refractivity (Wildman–Crippen MR) is 126 cm³/mol. The number of hydrogen-bond acceptors (Lipinski definition) is 4. The highest BCUT2D eigenvalue weighted by Gasteiger charge is 2.37. The number of thioether (sulfide) groups is 1. The van der Waals surface area contributed by atoms with E-state index in [1.54, 1.807) is 6.26 Å². The van der Waals surface area contributed by atoms with Gasteiger partial charge in [0, 0.05) is 22.1 Å². The number of halogens is 8. The molecule has 4 rings (SSSR count). The predicted octanol–water partition coefficient (Wildman–Crippen LogP) is 7.73. The lowest BCUT2D eigenvalue weighted by molar-refractivity contribution is -0.138. The molecule has 2 heterocycles. The number of furan rings is 1. The van der Waals surface area contributed by atoms with Crippen molar-refractivity contribution in [1.82, 2.24) is 4.57 Å². The summed E-state index contributed by atoms with van der Waals surface area (Å²) in [6.07, 6.45) is -8.28. The lowest BCUT2D eigenvalue weighted by Gasteiger charge is -2.16. The largest absolute Gasteiger partial charge is 0.455 e. The highest BCUT2D eigenvalue weighted by molar-refractivity contribution is 7.98. The Morgan fingerprint density at radius 2 is 1.62 bits per heavy atom. The van der Waals surface area contributed by atoms with Gasteiger partial charge in [-0.1, -0.05) is 6.07 Å². The molecule has 13 heteroatoms. The number of rotatable bonds is 5. The van der Waals surface area contributed by atoms with Gasteiger partial charge in [0.25, 0.3) is 5.56 Å². The molecule has 0 saturated heterocycles. The quantitative estimate of drug-likeness (QED) is 0.182. The molecule has 0 aliphatic carbocycles. The molecule has 0 amide bonds. The van der Waals surface area contributed by atoms with Gasteiger partial charge in [-0.25, -0.2) is 8.78 Å². The van der Waals surface area contributed by atoms with Crippen LogP contribution in [-0.2, 0) is 18.9 Å². The lowest BCUT2D eigenvalue weighted by atomic mass is 10.1. The second kappa shape index (κ2) is 10.3. The molecule has 4 nitrogen and oxygen atoms in total. The van der Waals surface area contributed by atoms with E-state index < -0.39 is 58.5 Å². The van der Waals surface area contributed by atoms with Crippen LogP contribution in [0.25, 0.3) is 22.8 Å². The van der Waals surface area contributed by atoms with Gasteiger partial charge in [-0.05, 0) is 48.7 Å². The first-order chi connectivity index (χ1) is 18.2. The third-order valence-corrected chi connectivity index (χ3v) is 6.38. The fraction of sp³-hybridized carbons (Fsp3) is 0.154. The van der Waals surface area contributed by atoms with Gasteiger partial charge in [0.2, 0.25) is 0 Å². The van der Waals surface area contributed by atoms with Crippen molar-refractivity contribution in [3.63, 3.8) is 0 Å². The molecule has 0 unspecified atom stereocenters. The van der Waals surface area contributed by atoms with Crippen molar-refractivity contribution >= 4 is 11.8 Å². The second-order valence-electron chi connectivity index (χ2n) is 8.17. The van der Waals surface area contributed by atoms with Crippen LogP contribution in [0.2, 0.25) is 0 Å². The average Bonchev–Trinajstić information content (AvgIpc) is 3.35. The smallest absolute Gasteiger partial charge is 0.417 e. The Morgan fingerprint density at radius 3 is 2.21 bits per heavy atom. The van der Waals surface area contributed by atoms with Crippen molar-refractivity contribution in [2.24, 2.45) is 0 Å². The topological polar surface area (TPSA) is 58.9 Å². The molecule has 0 N–H and O–H groups in total. The van der Waals surface area contributed by atoms with Crippen molar-refractivity contribution in [3.05, 3.63) is 98.8 Å². The number of alkyl halides is 6. The molecular weight excluding hydrogens is 556 g/mol. The van der Waals surface area contributed by atoms with E-state index in [0.29, 0.717) is 16.7 Å². The summed E-state index contributed by atoms with van der Waals surface area (Å²) in [6, 6.07) is 9.47. The van der Waals surface area contributed by atoms with Crippen molar-refractivity contribution in [2.75, 3.05) is 6.26 Å². The highest BCUT2D eigenvalue weighted by Crippen LogP contribution is 2.38. The van der Waals surface area contributed by atoms with E-state index >= 15 is 0 Å². The van der Waals surface area contributed by atoms with Crippen LogP contribution < -0.4 is 5.56 Å². The van der Waals surface area contributed by atoms with E-state index in [9.17, 15) is 45.2 Å². The zero-order valence-corrected chi connectivity index (χ0v) is 20.4. The van der Waals surface area contributed by atoms with Crippen LogP contribution in [0.15, 0.2) is 68.7 Å². The summed E-state index contributed by atoms with van der Waals surface area (Å²) in [5.74, 6) is -2.56. The van der Waals surface area contributed by atoms with Gasteiger partial charge in [-0.15, -0.1) is 11.8 Å². The average molecular weight is 570 g/mol. The van der Waals surface area contributed by atoms with E-state index in [1.165, 1.54) is 18.2 Å². The van der Waals surface area contributed by atoms with Crippen LogP contribution in [0, 0.1) is 23.0 Å². The Balaban J connectivity index is 1.94. The summed E-state index contributed by atoms with van der Waals surface area (Å²) in [7, 11) is 0. The molecule has 0 aliphatic heterocycles. The molecule has 0 fully saturated rings. The normalized spacial score (nSPS) is 12.0. The summed E-state index contributed by atoms with van der Waals surface area (Å²) in [5.41, 5.74) is -6.10. The van der Waals surface area contributed by atoms with Crippen LogP contribution in [-0.4, -0.2) is 10.8 Å². The van der Waals surface area contributed by atoms with Gasteiger partial charge in [-0.3, -0.25) is 9.36 Å². The first-order valence-electron chi connectivity index (χ1n) is 10.8. The van der Waals surface area contributed by atoms with Crippen LogP contribution in [0.4, 0.5) is 35.1 Å².